The third kappa shape index (κ3) is 2.55. The van der Waals surface area contributed by atoms with E-state index in [-0.39, 0.29) is 11.8 Å². The molecule has 4 rings (SSSR count). The van der Waals surface area contributed by atoms with Crippen LogP contribution < -0.4 is 0 Å². The fourth-order valence-corrected chi connectivity index (χ4v) is 3.30. The van der Waals surface area contributed by atoms with Crippen LogP contribution in [0.15, 0.2) is 24.3 Å². The van der Waals surface area contributed by atoms with Gasteiger partial charge in [0, 0.05) is 30.8 Å². The molecule has 1 fully saturated rings. The minimum atomic E-state index is -0.0246. The highest BCUT2D eigenvalue weighted by molar-refractivity contribution is 6.04. The van der Waals surface area contributed by atoms with Gasteiger partial charge in [-0.2, -0.15) is 10.2 Å². The Balaban J connectivity index is 1.56. The average Bonchev–Trinajstić information content (AvgIpc) is 3.28. The number of rotatable bonds is 3. The maximum absolute atomic E-state index is 12.9. The Kier molecular flexibility index (Phi) is 3.76. The molecule has 0 saturated carbocycles. The predicted octanol–water partition coefficient (Wildman–Crippen LogP) is 2.26. The maximum Gasteiger partial charge on any atom is 0.275 e. The van der Waals surface area contributed by atoms with Crippen LogP contribution >= 0.6 is 0 Å². The number of fused-ring (bicyclic) bond motifs is 1. The third-order valence-electron chi connectivity index (χ3n) is 4.63. The van der Waals surface area contributed by atoms with Crippen molar-refractivity contribution in [1.82, 2.24) is 30.3 Å². The van der Waals surface area contributed by atoms with Crippen LogP contribution in [0, 0.1) is 0 Å². The number of carbonyl (C=O) groups excluding carboxylic acids is 1. The Morgan fingerprint density at radius 2 is 2.17 bits per heavy atom. The van der Waals surface area contributed by atoms with Crippen molar-refractivity contribution >= 4 is 16.8 Å². The molecule has 1 amide bonds. The van der Waals surface area contributed by atoms with E-state index >= 15 is 0 Å². The molecule has 1 aliphatic heterocycles. The summed E-state index contributed by atoms with van der Waals surface area (Å²) in [5, 5.41) is 15.3. The summed E-state index contributed by atoms with van der Waals surface area (Å²) in [7, 11) is 0. The molecule has 0 radical (unpaired) electrons. The number of aromatic amines is 2. The average molecular weight is 324 g/mol. The lowest BCUT2D eigenvalue weighted by Gasteiger charge is -2.31. The van der Waals surface area contributed by atoms with Crippen LogP contribution in [0.4, 0.5) is 0 Å². The van der Waals surface area contributed by atoms with E-state index in [4.69, 9.17) is 0 Å². The molecule has 1 atom stereocenters. The SMILES string of the molecule is CCc1nc(C2CCCN(C(=O)c3n[nH]c4ccccc34)C2)n[nH]1. The Bertz CT molecular complexity index is 867. The molecule has 3 heterocycles. The maximum atomic E-state index is 12.9. The van der Waals surface area contributed by atoms with E-state index in [1.165, 1.54) is 0 Å². The van der Waals surface area contributed by atoms with Crippen LogP contribution in [0.1, 0.15) is 47.8 Å². The first-order chi connectivity index (χ1) is 11.8. The fraction of sp³-hybridized carbons (Fsp3) is 0.412. The zero-order chi connectivity index (χ0) is 16.5. The van der Waals surface area contributed by atoms with E-state index in [1.54, 1.807) is 0 Å². The van der Waals surface area contributed by atoms with E-state index in [0.717, 1.165) is 48.4 Å². The van der Waals surface area contributed by atoms with Gasteiger partial charge in [0.2, 0.25) is 0 Å². The van der Waals surface area contributed by atoms with Crippen molar-refractivity contribution < 1.29 is 4.79 Å². The van der Waals surface area contributed by atoms with Crippen LogP contribution in [0.3, 0.4) is 0 Å². The molecular formula is C17H20N6O. The summed E-state index contributed by atoms with van der Waals surface area (Å²) in [6, 6.07) is 7.71. The van der Waals surface area contributed by atoms with Crippen molar-refractivity contribution in [1.29, 1.82) is 0 Å². The fourth-order valence-electron chi connectivity index (χ4n) is 3.30. The van der Waals surface area contributed by atoms with Gasteiger partial charge in [-0.25, -0.2) is 4.98 Å². The lowest BCUT2D eigenvalue weighted by atomic mass is 9.97. The number of aromatic nitrogens is 5. The molecule has 1 saturated heterocycles. The Morgan fingerprint density at radius 3 is 3.00 bits per heavy atom. The second-order valence-electron chi connectivity index (χ2n) is 6.20. The second-order valence-corrected chi connectivity index (χ2v) is 6.20. The number of piperidine rings is 1. The predicted molar refractivity (Wildman–Crippen MR) is 89.7 cm³/mol. The Hall–Kier alpha value is -2.70. The van der Waals surface area contributed by atoms with Gasteiger partial charge in [0.05, 0.1) is 5.52 Å². The summed E-state index contributed by atoms with van der Waals surface area (Å²) in [6.45, 7) is 3.44. The van der Waals surface area contributed by atoms with E-state index in [0.29, 0.717) is 12.2 Å². The first-order valence-corrected chi connectivity index (χ1v) is 8.40. The number of hydrogen-bond donors (Lipinski definition) is 2. The molecule has 0 spiro atoms. The van der Waals surface area contributed by atoms with Gasteiger partial charge in [0.1, 0.15) is 5.82 Å². The molecular weight excluding hydrogens is 304 g/mol. The molecule has 2 N–H and O–H groups in total. The largest absolute Gasteiger partial charge is 0.337 e. The number of carbonyl (C=O) groups is 1. The van der Waals surface area contributed by atoms with Crippen molar-refractivity contribution in [2.75, 3.05) is 13.1 Å². The summed E-state index contributed by atoms with van der Waals surface area (Å²) in [5.74, 6) is 1.87. The van der Waals surface area contributed by atoms with Crippen molar-refractivity contribution in [3.8, 4) is 0 Å². The van der Waals surface area contributed by atoms with Crippen molar-refractivity contribution in [3.63, 3.8) is 0 Å². The minimum Gasteiger partial charge on any atom is -0.337 e. The van der Waals surface area contributed by atoms with Gasteiger partial charge in [-0.3, -0.25) is 15.0 Å². The number of hydrogen-bond acceptors (Lipinski definition) is 4. The summed E-state index contributed by atoms with van der Waals surface area (Å²) < 4.78 is 0. The topological polar surface area (TPSA) is 90.6 Å². The Labute approximate surface area is 139 Å². The third-order valence-corrected chi connectivity index (χ3v) is 4.63. The minimum absolute atomic E-state index is 0.0246. The number of likely N-dealkylation sites (tertiary alicyclic amines) is 1. The number of nitrogens with one attached hydrogen (secondary N) is 2. The number of H-pyrrole nitrogens is 2. The number of amides is 1. The lowest BCUT2D eigenvalue weighted by Crippen LogP contribution is -2.39. The smallest absolute Gasteiger partial charge is 0.275 e. The summed E-state index contributed by atoms with van der Waals surface area (Å²) in [4.78, 5) is 19.3. The molecule has 124 valence electrons. The summed E-state index contributed by atoms with van der Waals surface area (Å²) in [6.07, 6.45) is 2.79. The molecule has 2 aromatic heterocycles. The van der Waals surface area contributed by atoms with Crippen molar-refractivity contribution in [3.05, 3.63) is 41.6 Å². The van der Waals surface area contributed by atoms with Gasteiger partial charge in [-0.1, -0.05) is 25.1 Å². The van der Waals surface area contributed by atoms with Gasteiger partial charge in [-0.05, 0) is 18.9 Å². The highest BCUT2D eigenvalue weighted by Crippen LogP contribution is 2.26. The van der Waals surface area contributed by atoms with Crippen LogP contribution in [0.25, 0.3) is 10.9 Å². The van der Waals surface area contributed by atoms with Crippen molar-refractivity contribution in [2.45, 2.75) is 32.1 Å². The van der Waals surface area contributed by atoms with Gasteiger partial charge in [0.15, 0.2) is 11.5 Å². The molecule has 24 heavy (non-hydrogen) atoms. The molecule has 1 aliphatic rings. The number of para-hydroxylation sites is 1. The first kappa shape index (κ1) is 14.9. The highest BCUT2D eigenvalue weighted by atomic mass is 16.2. The highest BCUT2D eigenvalue weighted by Gasteiger charge is 2.29. The van der Waals surface area contributed by atoms with Crippen LogP contribution in [-0.4, -0.2) is 49.3 Å². The van der Waals surface area contributed by atoms with E-state index in [2.05, 4.69) is 25.4 Å². The van der Waals surface area contributed by atoms with Crippen molar-refractivity contribution in [2.24, 2.45) is 0 Å². The van der Waals surface area contributed by atoms with Crippen LogP contribution in [0.5, 0.6) is 0 Å². The molecule has 1 aromatic carbocycles. The summed E-state index contributed by atoms with van der Waals surface area (Å²) in [5.41, 5.74) is 1.38. The van der Waals surface area contributed by atoms with E-state index < -0.39 is 0 Å². The number of benzene rings is 1. The molecule has 0 aliphatic carbocycles. The van der Waals surface area contributed by atoms with Gasteiger partial charge >= 0.3 is 0 Å². The van der Waals surface area contributed by atoms with Gasteiger partial charge in [-0.15, -0.1) is 0 Å². The molecule has 7 heteroatoms. The lowest BCUT2D eigenvalue weighted by molar-refractivity contribution is 0.0700. The molecule has 3 aromatic rings. The first-order valence-electron chi connectivity index (χ1n) is 8.40. The number of aryl methyl sites for hydroxylation is 1. The van der Waals surface area contributed by atoms with Gasteiger partial charge < -0.3 is 4.90 Å². The van der Waals surface area contributed by atoms with Crippen LogP contribution in [-0.2, 0) is 6.42 Å². The number of nitrogens with zero attached hydrogens (tertiary/aromatic N) is 4. The van der Waals surface area contributed by atoms with Gasteiger partial charge in [0.25, 0.3) is 5.91 Å². The monoisotopic (exact) mass is 324 g/mol. The molecule has 0 bridgehead atoms. The molecule has 7 nitrogen and oxygen atoms in total. The van der Waals surface area contributed by atoms with Crippen LogP contribution in [0.2, 0.25) is 0 Å². The zero-order valence-corrected chi connectivity index (χ0v) is 13.6. The standard InChI is InChI=1S/C17H20N6O/c1-2-14-18-16(22-20-14)11-6-5-9-23(10-11)17(24)15-12-7-3-4-8-13(12)19-21-15/h3-4,7-8,11H,2,5-6,9-10H2,1H3,(H,19,21)(H,18,20,22). The molecule has 1 unspecified atom stereocenters. The van der Waals surface area contributed by atoms with E-state index in [1.807, 2.05) is 36.1 Å². The second kappa shape index (κ2) is 6.07. The normalized spacial score (nSPS) is 18.2. The quantitative estimate of drug-likeness (QED) is 0.773. The Morgan fingerprint density at radius 1 is 1.29 bits per heavy atom. The van der Waals surface area contributed by atoms with E-state index in [9.17, 15) is 4.79 Å². The zero-order valence-electron chi connectivity index (χ0n) is 13.6. The summed E-state index contributed by atoms with van der Waals surface area (Å²) >= 11 is 0.